The second-order valence-electron chi connectivity index (χ2n) is 6.57. The SMILES string of the molecule is C[C@H]1C[C@@H](c2cccnc2)N(C(=O)c2ccoc2C2CC2)C1. The molecule has 1 aliphatic heterocycles. The quantitative estimate of drug-likeness (QED) is 0.866. The molecule has 2 aromatic heterocycles. The molecule has 114 valence electrons. The molecule has 4 heteroatoms. The van der Waals surface area contributed by atoms with E-state index in [1.54, 1.807) is 12.5 Å². The Morgan fingerprint density at radius 2 is 2.23 bits per heavy atom. The molecule has 2 fully saturated rings. The van der Waals surface area contributed by atoms with Crippen LogP contribution in [0.25, 0.3) is 0 Å². The zero-order valence-electron chi connectivity index (χ0n) is 12.7. The van der Waals surface area contributed by atoms with Gasteiger partial charge in [-0.1, -0.05) is 13.0 Å². The van der Waals surface area contributed by atoms with Gasteiger partial charge in [-0.2, -0.15) is 0 Å². The molecule has 2 aliphatic rings. The van der Waals surface area contributed by atoms with Gasteiger partial charge in [0, 0.05) is 24.9 Å². The average Bonchev–Trinajstić information content (AvgIpc) is 3.13. The summed E-state index contributed by atoms with van der Waals surface area (Å²) in [6.07, 6.45) is 8.56. The minimum Gasteiger partial charge on any atom is -0.468 e. The summed E-state index contributed by atoms with van der Waals surface area (Å²) in [5, 5.41) is 0. The van der Waals surface area contributed by atoms with Crippen LogP contribution in [-0.2, 0) is 0 Å². The second-order valence-corrected chi connectivity index (χ2v) is 6.57. The predicted octanol–water partition coefficient (Wildman–Crippen LogP) is 3.78. The van der Waals surface area contributed by atoms with Crippen LogP contribution in [0.2, 0.25) is 0 Å². The minimum absolute atomic E-state index is 0.105. The highest BCUT2D eigenvalue weighted by molar-refractivity contribution is 5.96. The smallest absolute Gasteiger partial charge is 0.257 e. The molecule has 1 amide bonds. The number of amides is 1. The first-order chi connectivity index (χ1) is 10.7. The molecule has 0 N–H and O–H groups in total. The van der Waals surface area contributed by atoms with Crippen LogP contribution in [0.15, 0.2) is 41.3 Å². The number of furan rings is 1. The van der Waals surface area contributed by atoms with Crippen LogP contribution >= 0.6 is 0 Å². The first-order valence-corrected chi connectivity index (χ1v) is 8.02. The number of hydrogen-bond acceptors (Lipinski definition) is 3. The van der Waals surface area contributed by atoms with Gasteiger partial charge in [-0.25, -0.2) is 0 Å². The number of rotatable bonds is 3. The van der Waals surface area contributed by atoms with Crippen molar-refractivity contribution in [2.75, 3.05) is 6.54 Å². The Kier molecular flexibility index (Phi) is 3.25. The first kappa shape index (κ1) is 13.6. The maximum absolute atomic E-state index is 13.0. The maximum atomic E-state index is 13.0. The summed E-state index contributed by atoms with van der Waals surface area (Å²) in [7, 11) is 0. The van der Waals surface area contributed by atoms with Crippen LogP contribution in [-0.4, -0.2) is 22.3 Å². The van der Waals surface area contributed by atoms with Crippen molar-refractivity contribution in [1.82, 2.24) is 9.88 Å². The molecular formula is C18H20N2O2. The zero-order valence-corrected chi connectivity index (χ0v) is 12.7. The first-order valence-electron chi connectivity index (χ1n) is 8.02. The lowest BCUT2D eigenvalue weighted by atomic mass is 10.0. The van der Waals surface area contributed by atoms with Crippen LogP contribution in [0, 0.1) is 5.92 Å². The van der Waals surface area contributed by atoms with Gasteiger partial charge in [0.15, 0.2) is 0 Å². The molecule has 22 heavy (non-hydrogen) atoms. The molecule has 0 aromatic carbocycles. The molecule has 2 aromatic rings. The van der Waals surface area contributed by atoms with Crippen molar-refractivity contribution in [2.24, 2.45) is 5.92 Å². The molecule has 4 nitrogen and oxygen atoms in total. The van der Waals surface area contributed by atoms with E-state index >= 15 is 0 Å². The third-order valence-electron chi connectivity index (χ3n) is 4.71. The highest BCUT2D eigenvalue weighted by atomic mass is 16.3. The van der Waals surface area contributed by atoms with Crippen LogP contribution < -0.4 is 0 Å². The maximum Gasteiger partial charge on any atom is 0.257 e. The summed E-state index contributed by atoms with van der Waals surface area (Å²) in [6.45, 7) is 3.00. The molecule has 1 saturated carbocycles. The van der Waals surface area contributed by atoms with Crippen molar-refractivity contribution < 1.29 is 9.21 Å². The Balaban J connectivity index is 1.64. The monoisotopic (exact) mass is 296 g/mol. The van der Waals surface area contributed by atoms with E-state index in [-0.39, 0.29) is 11.9 Å². The summed E-state index contributed by atoms with van der Waals surface area (Å²) in [4.78, 5) is 19.2. The Bertz CT molecular complexity index is 675. The number of likely N-dealkylation sites (tertiary alicyclic amines) is 1. The van der Waals surface area contributed by atoms with Crippen molar-refractivity contribution in [3.63, 3.8) is 0 Å². The van der Waals surface area contributed by atoms with Crippen molar-refractivity contribution >= 4 is 5.91 Å². The number of carbonyl (C=O) groups excluding carboxylic acids is 1. The normalized spacial score (nSPS) is 24.7. The summed E-state index contributed by atoms with van der Waals surface area (Å²) in [6, 6.07) is 5.96. The number of aromatic nitrogens is 1. The summed E-state index contributed by atoms with van der Waals surface area (Å²) < 4.78 is 5.58. The van der Waals surface area contributed by atoms with Gasteiger partial charge in [0.1, 0.15) is 5.76 Å². The van der Waals surface area contributed by atoms with E-state index < -0.39 is 0 Å². The highest BCUT2D eigenvalue weighted by Gasteiger charge is 2.38. The van der Waals surface area contributed by atoms with Gasteiger partial charge >= 0.3 is 0 Å². The Morgan fingerprint density at radius 3 is 2.95 bits per heavy atom. The average molecular weight is 296 g/mol. The molecule has 3 heterocycles. The van der Waals surface area contributed by atoms with Crippen LogP contribution in [0.1, 0.15) is 59.8 Å². The van der Waals surface area contributed by atoms with Crippen LogP contribution in [0.5, 0.6) is 0 Å². The van der Waals surface area contributed by atoms with E-state index in [0.717, 1.165) is 42.7 Å². The molecule has 1 saturated heterocycles. The van der Waals surface area contributed by atoms with Crippen LogP contribution in [0.3, 0.4) is 0 Å². The van der Waals surface area contributed by atoms with Gasteiger partial charge in [0.25, 0.3) is 5.91 Å². The fourth-order valence-corrected chi connectivity index (χ4v) is 3.47. The standard InChI is InChI=1S/C18H20N2O2/c1-12-9-16(14-3-2-7-19-10-14)20(11-12)18(21)15-6-8-22-17(15)13-4-5-13/h2-3,6-8,10,12-13,16H,4-5,9,11H2,1H3/t12-,16-/m0/s1. The second kappa shape index (κ2) is 5.27. The van der Waals surface area contributed by atoms with E-state index in [0.29, 0.717) is 11.8 Å². The van der Waals surface area contributed by atoms with E-state index in [4.69, 9.17) is 4.42 Å². The fraction of sp³-hybridized carbons (Fsp3) is 0.444. The zero-order chi connectivity index (χ0) is 15.1. The van der Waals surface area contributed by atoms with E-state index in [9.17, 15) is 4.79 Å². The lowest BCUT2D eigenvalue weighted by Gasteiger charge is -2.24. The number of hydrogen-bond donors (Lipinski definition) is 0. The summed E-state index contributed by atoms with van der Waals surface area (Å²) in [5.74, 6) is 1.94. The minimum atomic E-state index is 0.105. The van der Waals surface area contributed by atoms with Gasteiger partial charge in [-0.3, -0.25) is 9.78 Å². The van der Waals surface area contributed by atoms with E-state index in [2.05, 4.69) is 18.0 Å². The Labute approximate surface area is 130 Å². The largest absolute Gasteiger partial charge is 0.468 e. The number of nitrogens with zero attached hydrogens (tertiary/aromatic N) is 2. The van der Waals surface area contributed by atoms with Crippen LogP contribution in [0.4, 0.5) is 0 Å². The fourth-order valence-electron chi connectivity index (χ4n) is 3.47. The Morgan fingerprint density at radius 1 is 1.36 bits per heavy atom. The van der Waals surface area contributed by atoms with Crippen molar-refractivity contribution in [2.45, 2.75) is 38.1 Å². The molecule has 0 unspecified atom stereocenters. The summed E-state index contributed by atoms with van der Waals surface area (Å²) in [5.41, 5.74) is 1.88. The van der Waals surface area contributed by atoms with Crippen molar-refractivity contribution in [3.05, 3.63) is 53.7 Å². The number of pyridine rings is 1. The van der Waals surface area contributed by atoms with Crippen molar-refractivity contribution in [1.29, 1.82) is 0 Å². The van der Waals surface area contributed by atoms with Gasteiger partial charge in [-0.15, -0.1) is 0 Å². The molecular weight excluding hydrogens is 276 g/mol. The molecule has 0 radical (unpaired) electrons. The van der Waals surface area contributed by atoms with E-state index in [1.807, 2.05) is 23.2 Å². The molecule has 4 rings (SSSR count). The predicted molar refractivity (Wildman–Crippen MR) is 82.5 cm³/mol. The lowest BCUT2D eigenvalue weighted by molar-refractivity contribution is 0.0729. The number of carbonyl (C=O) groups is 1. The Hall–Kier alpha value is -2.10. The summed E-state index contributed by atoms with van der Waals surface area (Å²) >= 11 is 0. The van der Waals surface area contributed by atoms with Gasteiger partial charge in [0.2, 0.25) is 0 Å². The molecule has 2 atom stereocenters. The third kappa shape index (κ3) is 2.32. The molecule has 0 bridgehead atoms. The third-order valence-corrected chi connectivity index (χ3v) is 4.71. The molecule has 1 aliphatic carbocycles. The lowest BCUT2D eigenvalue weighted by Crippen LogP contribution is -2.31. The topological polar surface area (TPSA) is 46.3 Å². The van der Waals surface area contributed by atoms with Gasteiger partial charge < -0.3 is 9.32 Å². The van der Waals surface area contributed by atoms with Gasteiger partial charge in [0.05, 0.1) is 17.9 Å². The highest BCUT2D eigenvalue weighted by Crippen LogP contribution is 2.43. The van der Waals surface area contributed by atoms with Crippen molar-refractivity contribution in [3.8, 4) is 0 Å². The molecule has 0 spiro atoms. The van der Waals surface area contributed by atoms with E-state index in [1.165, 1.54) is 0 Å². The van der Waals surface area contributed by atoms with Gasteiger partial charge in [-0.05, 0) is 42.9 Å².